The summed E-state index contributed by atoms with van der Waals surface area (Å²) < 4.78 is 0. The Morgan fingerprint density at radius 3 is 1.78 bits per heavy atom. The molecule has 6 aromatic carbocycles. The van der Waals surface area contributed by atoms with Gasteiger partial charge in [-0.05, 0) is 160 Å². The second kappa shape index (κ2) is 16.1. The van der Waals surface area contributed by atoms with Gasteiger partial charge in [0.05, 0.1) is 11.2 Å². The van der Waals surface area contributed by atoms with E-state index in [4.69, 9.17) is 4.98 Å². The van der Waals surface area contributed by atoms with E-state index in [1.54, 1.807) is 11.1 Å². The molecule has 318 valence electrons. The van der Waals surface area contributed by atoms with Crippen molar-refractivity contribution in [1.82, 2.24) is 4.98 Å². The molecule has 0 bridgehead atoms. The minimum absolute atomic E-state index is 0.0837. The van der Waals surface area contributed by atoms with E-state index in [1.165, 1.54) is 180 Å². The Labute approximate surface area is 377 Å². The molecule has 2 fully saturated rings. The summed E-state index contributed by atoms with van der Waals surface area (Å²) >= 11 is 0. The van der Waals surface area contributed by atoms with Crippen molar-refractivity contribution < 1.29 is 0 Å². The highest BCUT2D eigenvalue weighted by Gasteiger charge is 2.62. The Kier molecular flexibility index (Phi) is 10.3. The highest BCUT2D eigenvalue weighted by Crippen LogP contribution is 2.69. The van der Waals surface area contributed by atoms with Crippen LogP contribution in [0.5, 0.6) is 0 Å². The van der Waals surface area contributed by atoms with Crippen LogP contribution in [0.1, 0.15) is 151 Å². The Morgan fingerprint density at radius 1 is 0.429 bits per heavy atom. The van der Waals surface area contributed by atoms with E-state index in [-0.39, 0.29) is 16.2 Å². The van der Waals surface area contributed by atoms with Crippen molar-refractivity contribution in [2.24, 2.45) is 0 Å². The van der Waals surface area contributed by atoms with Gasteiger partial charge in [0.2, 0.25) is 0 Å². The number of nitrogens with zero attached hydrogens (tertiary/aromatic N) is 1. The SMILES string of the molecule is CCCCCCc1cc(CCCCCC)cc(-c2ccc3c(c2)C24CCCC2(CCC4)c2ccc(-c4cc(-c5ccccc5)c5cc6c(cc5n4)C(C)(C)c4ccccc4-6)cc2-3)c1. The van der Waals surface area contributed by atoms with E-state index in [0.717, 1.165) is 11.2 Å². The molecule has 0 amide bonds. The average Bonchev–Trinajstić information content (AvgIpc) is 3.96. The van der Waals surface area contributed by atoms with Crippen LogP contribution < -0.4 is 0 Å². The van der Waals surface area contributed by atoms with Gasteiger partial charge in [0.25, 0.3) is 0 Å². The van der Waals surface area contributed by atoms with Gasteiger partial charge in [0, 0.05) is 27.2 Å². The summed E-state index contributed by atoms with van der Waals surface area (Å²) in [4.78, 5) is 5.61. The Morgan fingerprint density at radius 2 is 1.06 bits per heavy atom. The first-order valence-corrected chi connectivity index (χ1v) is 24.9. The van der Waals surface area contributed by atoms with Crippen LogP contribution in [0.4, 0.5) is 0 Å². The molecule has 0 N–H and O–H groups in total. The average molecular weight is 824 g/mol. The largest absolute Gasteiger partial charge is 0.248 e. The number of hydrogen-bond acceptors (Lipinski definition) is 1. The molecule has 4 aliphatic carbocycles. The van der Waals surface area contributed by atoms with Gasteiger partial charge in [0.1, 0.15) is 0 Å². The summed E-state index contributed by atoms with van der Waals surface area (Å²) in [6, 6.07) is 50.1. The molecule has 0 radical (unpaired) electrons. The number of benzene rings is 6. The van der Waals surface area contributed by atoms with Crippen LogP contribution in [0.2, 0.25) is 0 Å². The summed E-state index contributed by atoms with van der Waals surface area (Å²) in [6.07, 6.45) is 20.7. The smallest absolute Gasteiger partial charge is 0.0719 e. The fourth-order valence-corrected chi connectivity index (χ4v) is 13.5. The lowest BCUT2D eigenvalue weighted by atomic mass is 9.55. The van der Waals surface area contributed by atoms with Crippen LogP contribution >= 0.6 is 0 Å². The van der Waals surface area contributed by atoms with Gasteiger partial charge in [-0.3, -0.25) is 0 Å². The normalized spacial score (nSPS) is 19.9. The van der Waals surface area contributed by atoms with E-state index in [2.05, 4.69) is 155 Å². The van der Waals surface area contributed by atoms with Gasteiger partial charge in [-0.25, -0.2) is 4.98 Å². The molecule has 63 heavy (non-hydrogen) atoms. The third kappa shape index (κ3) is 6.58. The highest BCUT2D eigenvalue weighted by molar-refractivity contribution is 6.02. The van der Waals surface area contributed by atoms with Crippen molar-refractivity contribution in [3.8, 4) is 55.8 Å². The maximum Gasteiger partial charge on any atom is 0.0719 e. The quantitative estimate of drug-likeness (QED) is 0.106. The van der Waals surface area contributed by atoms with Crippen LogP contribution in [0.25, 0.3) is 66.7 Å². The van der Waals surface area contributed by atoms with E-state index < -0.39 is 0 Å². The number of pyridine rings is 1. The van der Waals surface area contributed by atoms with Crippen molar-refractivity contribution >= 4 is 10.9 Å². The topological polar surface area (TPSA) is 12.9 Å². The van der Waals surface area contributed by atoms with Crippen LogP contribution in [-0.2, 0) is 29.1 Å². The predicted octanol–water partition coefficient (Wildman–Crippen LogP) is 17.3. The molecule has 0 spiro atoms. The zero-order valence-corrected chi connectivity index (χ0v) is 38.4. The Hall–Kier alpha value is -5.27. The lowest BCUT2D eigenvalue weighted by molar-refractivity contribution is 0.299. The van der Waals surface area contributed by atoms with Gasteiger partial charge >= 0.3 is 0 Å². The van der Waals surface area contributed by atoms with E-state index in [9.17, 15) is 0 Å². The van der Waals surface area contributed by atoms with Crippen molar-refractivity contribution in [1.29, 1.82) is 0 Å². The number of unbranched alkanes of at least 4 members (excludes halogenated alkanes) is 6. The number of aromatic nitrogens is 1. The second-order valence-corrected chi connectivity index (χ2v) is 20.6. The zero-order valence-electron chi connectivity index (χ0n) is 38.4. The molecule has 0 atom stereocenters. The lowest BCUT2D eigenvalue weighted by Crippen LogP contribution is -2.43. The van der Waals surface area contributed by atoms with Crippen molar-refractivity contribution in [3.05, 3.63) is 161 Å². The van der Waals surface area contributed by atoms with E-state index >= 15 is 0 Å². The van der Waals surface area contributed by atoms with E-state index in [1.807, 2.05) is 0 Å². The standard InChI is InChI=1S/C62H65N/c1-5-7-9-12-20-42-34-43(21-13-10-8-6-2)36-47(35-42)45-26-28-49-51-37-46(27-29-55(51)61-30-18-32-62(61,33-19-31-61)57(49)38-45)58-40-50(44-22-14-11-15-23-44)53-39-52-48-24-16-17-25-54(48)60(3,4)56(52)41-59(53)63-58/h11,14-17,22-29,34-41H,5-10,12-13,18-21,30-33H2,1-4H3. The predicted molar refractivity (Wildman–Crippen MR) is 268 cm³/mol. The molecule has 1 heterocycles. The summed E-state index contributed by atoms with van der Waals surface area (Å²) in [7, 11) is 0. The van der Waals surface area contributed by atoms with Crippen LogP contribution in [0.15, 0.2) is 127 Å². The Balaban J connectivity index is 1.05. The maximum absolute atomic E-state index is 5.61. The van der Waals surface area contributed by atoms with Crippen molar-refractivity contribution in [3.63, 3.8) is 0 Å². The van der Waals surface area contributed by atoms with Crippen LogP contribution in [0, 0.1) is 0 Å². The lowest BCUT2D eigenvalue weighted by Gasteiger charge is -2.48. The van der Waals surface area contributed by atoms with Gasteiger partial charge in [-0.2, -0.15) is 0 Å². The molecule has 4 aliphatic rings. The first kappa shape index (κ1) is 40.5. The molecule has 11 rings (SSSR count). The van der Waals surface area contributed by atoms with Crippen LogP contribution in [0.3, 0.4) is 0 Å². The molecule has 0 unspecified atom stereocenters. The van der Waals surface area contributed by atoms with Gasteiger partial charge in [0.15, 0.2) is 0 Å². The third-order valence-electron chi connectivity index (χ3n) is 16.6. The number of aryl methyl sites for hydroxylation is 2. The molecule has 1 nitrogen and oxygen atoms in total. The first-order valence-electron chi connectivity index (χ1n) is 24.9. The molecule has 2 saturated carbocycles. The maximum atomic E-state index is 5.61. The van der Waals surface area contributed by atoms with Gasteiger partial charge < -0.3 is 0 Å². The van der Waals surface area contributed by atoms with Crippen molar-refractivity contribution in [2.45, 2.75) is 147 Å². The molecule has 1 heteroatoms. The Bertz CT molecular complexity index is 2810. The van der Waals surface area contributed by atoms with Crippen molar-refractivity contribution in [2.75, 3.05) is 0 Å². The fourth-order valence-electron chi connectivity index (χ4n) is 13.5. The number of fused-ring (bicyclic) bond motifs is 7. The van der Waals surface area contributed by atoms with Gasteiger partial charge in [-0.1, -0.05) is 176 Å². The van der Waals surface area contributed by atoms with Crippen LogP contribution in [-0.4, -0.2) is 4.98 Å². The molecule has 0 saturated heterocycles. The second-order valence-electron chi connectivity index (χ2n) is 20.6. The fraction of sp³-hybridized carbons (Fsp3) is 0.371. The number of hydrogen-bond donors (Lipinski definition) is 0. The third-order valence-corrected chi connectivity index (χ3v) is 16.6. The highest BCUT2D eigenvalue weighted by atomic mass is 14.7. The minimum atomic E-state index is -0.0837. The van der Waals surface area contributed by atoms with E-state index in [0.29, 0.717) is 0 Å². The first-order chi connectivity index (χ1) is 30.8. The number of rotatable bonds is 13. The minimum Gasteiger partial charge on any atom is -0.248 e. The summed E-state index contributed by atoms with van der Waals surface area (Å²) in [5.74, 6) is 0. The molecule has 1 aromatic heterocycles. The molecule has 7 aromatic rings. The monoisotopic (exact) mass is 824 g/mol. The summed E-state index contributed by atoms with van der Waals surface area (Å²) in [5, 5.41) is 1.22. The molecular formula is C62H65N. The summed E-state index contributed by atoms with van der Waals surface area (Å²) in [6.45, 7) is 9.39. The zero-order chi connectivity index (χ0) is 42.8. The molecule has 0 aliphatic heterocycles. The summed E-state index contributed by atoms with van der Waals surface area (Å²) in [5.41, 5.74) is 23.7. The van der Waals surface area contributed by atoms with Gasteiger partial charge in [-0.15, -0.1) is 0 Å². The molecular weight excluding hydrogens is 759 g/mol.